The van der Waals surface area contributed by atoms with E-state index < -0.39 is 13.9 Å². The molecule has 0 bridgehead atoms. The first kappa shape index (κ1) is 51.1. The molecule has 310 valence electrons. The summed E-state index contributed by atoms with van der Waals surface area (Å²) in [6, 6.07) is 0. The zero-order valence-electron chi connectivity index (χ0n) is 35.0. The molecular weight excluding hydrogens is 673 g/mol. The number of unbranched alkanes of at least 4 members (excludes halogenated alkanes) is 27. The molecule has 0 amide bonds. The molecule has 8 nitrogen and oxygen atoms in total. The van der Waals surface area contributed by atoms with Crippen LogP contribution < -0.4 is 4.89 Å². The Morgan fingerprint density at radius 3 is 1.42 bits per heavy atom. The molecule has 52 heavy (non-hydrogen) atoms. The first-order valence-electron chi connectivity index (χ1n) is 22.0. The molecule has 0 heterocycles. The number of ether oxygens (including phenoxy) is 2. The average molecular weight is 760 g/mol. The van der Waals surface area contributed by atoms with Gasteiger partial charge in [-0.25, -0.2) is 0 Å². The average Bonchev–Trinajstić information content (AvgIpc) is 3.09. The number of phosphoric acid groups is 1. The van der Waals surface area contributed by atoms with E-state index in [-0.39, 0.29) is 25.8 Å². The standard InChI is InChI=1S/C43H86NO7P/c1-6-8-10-12-14-16-18-20-22-23-24-26-28-30-32-34-36-43(45)51-42(41-50-52(46,47)49-39-37-44(3,4)5)40-48-38-35-33-31-29-27-25-21-19-17-15-13-11-9-7-2/h35,38,42H,6-34,36-37,39-41H2,1-5H3/b38-35-/t42-/m1/s1. The number of hydrogen-bond acceptors (Lipinski definition) is 7. The summed E-state index contributed by atoms with van der Waals surface area (Å²) in [5.74, 6) is -0.352. The van der Waals surface area contributed by atoms with Crippen molar-refractivity contribution in [1.82, 2.24) is 0 Å². The zero-order chi connectivity index (χ0) is 38.4. The van der Waals surface area contributed by atoms with Gasteiger partial charge >= 0.3 is 5.97 Å². The molecule has 0 fully saturated rings. The van der Waals surface area contributed by atoms with Crippen LogP contribution in [-0.4, -0.2) is 64.1 Å². The van der Waals surface area contributed by atoms with E-state index in [9.17, 15) is 14.3 Å². The molecular formula is C43H86NO7P. The second-order valence-electron chi connectivity index (χ2n) is 16.1. The largest absolute Gasteiger partial charge is 0.756 e. The maximum absolute atomic E-state index is 12.6. The molecule has 1 unspecified atom stereocenters. The number of hydrogen-bond donors (Lipinski definition) is 0. The molecule has 0 aliphatic heterocycles. The summed E-state index contributed by atoms with van der Waals surface area (Å²) in [5.41, 5.74) is 0. The predicted molar refractivity (Wildman–Crippen MR) is 217 cm³/mol. The van der Waals surface area contributed by atoms with Crippen LogP contribution in [0.2, 0.25) is 0 Å². The first-order chi connectivity index (χ1) is 25.1. The summed E-state index contributed by atoms with van der Waals surface area (Å²) in [6.45, 7) is 4.76. The Labute approximate surface area is 322 Å². The van der Waals surface area contributed by atoms with Crippen molar-refractivity contribution in [2.24, 2.45) is 0 Å². The fourth-order valence-electron chi connectivity index (χ4n) is 6.22. The molecule has 0 aromatic carbocycles. The summed E-state index contributed by atoms with van der Waals surface area (Å²) in [4.78, 5) is 25.0. The summed E-state index contributed by atoms with van der Waals surface area (Å²) in [5, 5.41) is 0. The van der Waals surface area contributed by atoms with E-state index in [2.05, 4.69) is 13.8 Å². The van der Waals surface area contributed by atoms with E-state index in [1.807, 2.05) is 27.2 Å². The van der Waals surface area contributed by atoms with Gasteiger partial charge < -0.3 is 27.9 Å². The van der Waals surface area contributed by atoms with Crippen LogP contribution in [0.3, 0.4) is 0 Å². The van der Waals surface area contributed by atoms with Gasteiger partial charge in [0.2, 0.25) is 0 Å². The van der Waals surface area contributed by atoms with Crippen molar-refractivity contribution in [1.29, 1.82) is 0 Å². The third-order valence-corrected chi connectivity index (χ3v) is 10.6. The monoisotopic (exact) mass is 760 g/mol. The van der Waals surface area contributed by atoms with Crippen LogP contribution >= 0.6 is 7.82 Å². The maximum Gasteiger partial charge on any atom is 0.306 e. The van der Waals surface area contributed by atoms with Crippen LogP contribution in [0.1, 0.15) is 206 Å². The van der Waals surface area contributed by atoms with E-state index in [0.29, 0.717) is 17.4 Å². The lowest BCUT2D eigenvalue weighted by molar-refractivity contribution is -0.870. The molecule has 0 aliphatic carbocycles. The fourth-order valence-corrected chi connectivity index (χ4v) is 6.95. The quantitative estimate of drug-likeness (QED) is 0.0201. The summed E-state index contributed by atoms with van der Waals surface area (Å²) >= 11 is 0. The van der Waals surface area contributed by atoms with Gasteiger partial charge in [-0.05, 0) is 25.3 Å². The van der Waals surface area contributed by atoms with Gasteiger partial charge in [-0.15, -0.1) is 0 Å². The number of carbonyl (C=O) groups is 1. The molecule has 0 aliphatic rings. The summed E-state index contributed by atoms with van der Waals surface area (Å²) in [6.07, 6.45) is 40.2. The van der Waals surface area contributed by atoms with Crippen LogP contribution in [-0.2, 0) is 27.9 Å². The van der Waals surface area contributed by atoms with Crippen LogP contribution in [0.15, 0.2) is 12.3 Å². The van der Waals surface area contributed by atoms with E-state index in [4.69, 9.17) is 18.5 Å². The molecule has 0 N–H and O–H groups in total. The van der Waals surface area contributed by atoms with E-state index in [1.54, 1.807) is 6.26 Å². The lowest BCUT2D eigenvalue weighted by Crippen LogP contribution is -2.37. The van der Waals surface area contributed by atoms with Gasteiger partial charge in [0.25, 0.3) is 7.82 Å². The van der Waals surface area contributed by atoms with E-state index >= 15 is 0 Å². The van der Waals surface area contributed by atoms with Gasteiger partial charge in [-0.2, -0.15) is 0 Å². The smallest absolute Gasteiger partial charge is 0.306 e. The third kappa shape index (κ3) is 40.3. The lowest BCUT2D eigenvalue weighted by atomic mass is 10.0. The van der Waals surface area contributed by atoms with Crippen molar-refractivity contribution in [3.63, 3.8) is 0 Å². The van der Waals surface area contributed by atoms with Crippen molar-refractivity contribution in [2.45, 2.75) is 213 Å². The highest BCUT2D eigenvalue weighted by molar-refractivity contribution is 7.45. The number of esters is 1. The van der Waals surface area contributed by atoms with Crippen LogP contribution in [0.25, 0.3) is 0 Å². The Kier molecular flexibility index (Phi) is 36.4. The summed E-state index contributed by atoms with van der Waals surface area (Å²) < 4.78 is 34.3. The van der Waals surface area contributed by atoms with Gasteiger partial charge in [0.15, 0.2) is 6.10 Å². The number of carbonyl (C=O) groups excluding carboxylic acids is 1. The van der Waals surface area contributed by atoms with Crippen molar-refractivity contribution < 1.29 is 37.3 Å². The number of rotatable bonds is 41. The normalized spacial score (nSPS) is 13.8. The Balaban J connectivity index is 4.25. The molecule has 9 heteroatoms. The lowest BCUT2D eigenvalue weighted by Gasteiger charge is -2.28. The Bertz CT molecular complexity index is 848. The zero-order valence-corrected chi connectivity index (χ0v) is 35.9. The van der Waals surface area contributed by atoms with Crippen molar-refractivity contribution in [3.8, 4) is 0 Å². The third-order valence-electron chi connectivity index (χ3n) is 9.66. The Hall–Kier alpha value is -0.920. The first-order valence-corrected chi connectivity index (χ1v) is 23.4. The Morgan fingerprint density at radius 1 is 0.596 bits per heavy atom. The SMILES string of the molecule is CCCCCCCCCCCCCC/C=C\OC[C@H](COP(=O)([O-])OCC[N+](C)(C)C)OC(=O)CCCCCCCCCCCCCCCCCC. The van der Waals surface area contributed by atoms with Crippen LogP contribution in [0, 0.1) is 0 Å². The molecule has 0 radical (unpaired) electrons. The minimum atomic E-state index is -4.53. The minimum absolute atomic E-state index is 0.0202. The topological polar surface area (TPSA) is 94.1 Å². The van der Waals surface area contributed by atoms with Gasteiger partial charge in [0, 0.05) is 6.42 Å². The van der Waals surface area contributed by atoms with E-state index in [1.165, 1.54) is 154 Å². The molecule has 2 atom stereocenters. The molecule has 0 spiro atoms. The number of allylic oxidation sites excluding steroid dienone is 1. The van der Waals surface area contributed by atoms with Gasteiger partial charge in [-0.1, -0.05) is 181 Å². The predicted octanol–water partition coefficient (Wildman–Crippen LogP) is 12.4. The Morgan fingerprint density at radius 2 is 1.00 bits per heavy atom. The van der Waals surface area contributed by atoms with Crippen LogP contribution in [0.4, 0.5) is 0 Å². The highest BCUT2D eigenvalue weighted by atomic mass is 31.2. The maximum atomic E-state index is 12.6. The van der Waals surface area contributed by atoms with Crippen LogP contribution in [0.5, 0.6) is 0 Å². The molecule has 0 aromatic heterocycles. The second kappa shape index (κ2) is 37.0. The number of quaternary nitrogens is 1. The summed E-state index contributed by atoms with van der Waals surface area (Å²) in [7, 11) is 1.34. The van der Waals surface area contributed by atoms with Crippen molar-refractivity contribution >= 4 is 13.8 Å². The highest BCUT2D eigenvalue weighted by Gasteiger charge is 2.20. The molecule has 0 rings (SSSR count). The van der Waals surface area contributed by atoms with Crippen molar-refractivity contribution in [3.05, 3.63) is 12.3 Å². The molecule has 0 saturated carbocycles. The fraction of sp³-hybridized carbons (Fsp3) is 0.930. The number of phosphoric ester groups is 1. The second-order valence-corrected chi connectivity index (χ2v) is 17.5. The molecule has 0 aromatic rings. The van der Waals surface area contributed by atoms with Gasteiger partial charge in [0.05, 0.1) is 34.0 Å². The number of nitrogens with zero attached hydrogens (tertiary/aromatic N) is 1. The minimum Gasteiger partial charge on any atom is -0.756 e. The highest BCUT2D eigenvalue weighted by Crippen LogP contribution is 2.38. The van der Waals surface area contributed by atoms with Gasteiger partial charge in [-0.3, -0.25) is 9.36 Å². The van der Waals surface area contributed by atoms with E-state index in [0.717, 1.165) is 32.1 Å². The van der Waals surface area contributed by atoms with Crippen molar-refractivity contribution in [2.75, 3.05) is 47.5 Å². The molecule has 0 saturated heterocycles. The van der Waals surface area contributed by atoms with Gasteiger partial charge in [0.1, 0.15) is 19.8 Å². The number of likely N-dealkylation sites (N-methyl/N-ethyl adjacent to an activating group) is 1.